The van der Waals surface area contributed by atoms with E-state index in [0.717, 1.165) is 12.8 Å². The maximum Gasteiger partial charge on any atom is 0.394 e. The Balaban J connectivity index is 0.000000465. The molecule has 2 N–H and O–H groups in total. The van der Waals surface area contributed by atoms with Gasteiger partial charge in [-0.15, -0.1) is 0 Å². The molecule has 0 aliphatic carbocycles. The molecule has 0 aromatic heterocycles. The number of rotatable bonds is 3. The van der Waals surface area contributed by atoms with Gasteiger partial charge in [0.05, 0.1) is 12.7 Å². The van der Waals surface area contributed by atoms with E-state index in [9.17, 15) is 9.59 Å². The third-order valence-corrected chi connectivity index (χ3v) is 4.96. The van der Waals surface area contributed by atoms with Crippen LogP contribution in [-0.2, 0) is 24.7 Å². The molecule has 2 aliphatic heterocycles. The van der Waals surface area contributed by atoms with Crippen molar-refractivity contribution >= 4 is 22.3 Å². The number of carbonyl (C=O) groups excluding carboxylic acids is 2. The van der Waals surface area contributed by atoms with Crippen LogP contribution in [0.1, 0.15) is 29.6 Å². The van der Waals surface area contributed by atoms with Crippen LogP contribution >= 0.6 is 0 Å². The van der Waals surface area contributed by atoms with E-state index in [1.165, 1.54) is 7.11 Å². The highest BCUT2D eigenvalue weighted by atomic mass is 32.3. The molecule has 2 unspecified atom stereocenters. The molecule has 2 aliphatic rings. The maximum absolute atomic E-state index is 12.3. The van der Waals surface area contributed by atoms with Gasteiger partial charge in [0.25, 0.3) is 0 Å². The average molecular weight is 401 g/mol. The summed E-state index contributed by atoms with van der Waals surface area (Å²) in [6, 6.07) is 9.36. The monoisotopic (exact) mass is 401 g/mol. The summed E-state index contributed by atoms with van der Waals surface area (Å²) < 4.78 is 42.2. The van der Waals surface area contributed by atoms with Crippen molar-refractivity contribution < 1.29 is 36.6 Å². The fraction of sp³-hybridized carbons (Fsp3) is 0.529. The average Bonchev–Trinajstić information content (AvgIpc) is 2.84. The van der Waals surface area contributed by atoms with Crippen LogP contribution in [0.15, 0.2) is 30.3 Å². The van der Waals surface area contributed by atoms with E-state index in [2.05, 4.69) is 4.90 Å². The van der Waals surface area contributed by atoms with Gasteiger partial charge in [-0.2, -0.15) is 8.42 Å². The van der Waals surface area contributed by atoms with Crippen molar-refractivity contribution in [2.75, 3.05) is 14.2 Å². The van der Waals surface area contributed by atoms with Crippen LogP contribution in [0.4, 0.5) is 0 Å². The first-order chi connectivity index (χ1) is 12.6. The Morgan fingerprint density at radius 2 is 1.74 bits per heavy atom. The second-order valence-electron chi connectivity index (χ2n) is 6.51. The smallest absolute Gasteiger partial charge is 0.394 e. The molecule has 0 spiro atoms. The van der Waals surface area contributed by atoms with Gasteiger partial charge in [-0.1, -0.05) is 18.2 Å². The Kier molecular flexibility index (Phi) is 6.93. The summed E-state index contributed by atoms with van der Waals surface area (Å²) in [6.45, 7) is 0. The van der Waals surface area contributed by atoms with Crippen LogP contribution in [0, 0.1) is 5.92 Å². The Morgan fingerprint density at radius 3 is 2.30 bits per heavy atom. The zero-order valence-corrected chi connectivity index (χ0v) is 15.8. The van der Waals surface area contributed by atoms with E-state index in [-0.39, 0.29) is 18.0 Å². The number of hydrogen-bond donors (Lipinski definition) is 2. The molecule has 2 fully saturated rings. The fourth-order valence-electron chi connectivity index (χ4n) is 3.77. The van der Waals surface area contributed by atoms with Gasteiger partial charge >= 0.3 is 22.3 Å². The molecule has 0 radical (unpaired) electrons. The molecule has 3 rings (SSSR count). The van der Waals surface area contributed by atoms with Crippen LogP contribution in [0.2, 0.25) is 0 Å². The lowest BCUT2D eigenvalue weighted by molar-refractivity contribution is -0.156. The molecule has 2 bridgehead atoms. The van der Waals surface area contributed by atoms with Gasteiger partial charge in [0, 0.05) is 18.5 Å². The molecule has 2 saturated heterocycles. The number of benzene rings is 1. The Bertz CT molecular complexity index is 758. The van der Waals surface area contributed by atoms with E-state index >= 15 is 0 Å². The van der Waals surface area contributed by atoms with Gasteiger partial charge in [-0.25, -0.2) is 4.79 Å². The van der Waals surface area contributed by atoms with Gasteiger partial charge in [0.1, 0.15) is 12.0 Å². The molecule has 4 atom stereocenters. The van der Waals surface area contributed by atoms with Crippen molar-refractivity contribution in [3.63, 3.8) is 0 Å². The Labute approximate surface area is 157 Å². The second kappa shape index (κ2) is 8.79. The lowest BCUT2D eigenvalue weighted by Gasteiger charge is -2.40. The summed E-state index contributed by atoms with van der Waals surface area (Å²) >= 11 is 0. The van der Waals surface area contributed by atoms with Gasteiger partial charge in [-0.05, 0) is 32.0 Å². The molecule has 2 heterocycles. The largest absolute Gasteiger partial charge is 0.469 e. The van der Waals surface area contributed by atoms with E-state index in [4.69, 9.17) is 27.0 Å². The van der Waals surface area contributed by atoms with Crippen LogP contribution in [0.3, 0.4) is 0 Å². The van der Waals surface area contributed by atoms with Crippen molar-refractivity contribution in [2.45, 2.75) is 37.5 Å². The van der Waals surface area contributed by atoms with Crippen LogP contribution in [-0.4, -0.2) is 66.7 Å². The number of esters is 2. The SMILES string of the molecule is COC(=O)[C@@H]1C2CCC(C[C@@H]1OC(=O)c1ccccc1)N2C.O=S(=O)(O)O. The van der Waals surface area contributed by atoms with Crippen molar-refractivity contribution in [3.8, 4) is 0 Å². The molecule has 150 valence electrons. The third-order valence-electron chi connectivity index (χ3n) is 4.96. The Morgan fingerprint density at radius 1 is 1.15 bits per heavy atom. The maximum atomic E-state index is 12.3. The van der Waals surface area contributed by atoms with Crippen molar-refractivity contribution in [2.24, 2.45) is 5.92 Å². The van der Waals surface area contributed by atoms with E-state index in [1.807, 2.05) is 13.1 Å². The van der Waals surface area contributed by atoms with E-state index in [0.29, 0.717) is 18.0 Å². The van der Waals surface area contributed by atoms with Gasteiger partial charge in [0.2, 0.25) is 0 Å². The molecular weight excluding hydrogens is 378 g/mol. The Hall–Kier alpha value is -2.01. The number of nitrogens with zero attached hydrogens (tertiary/aromatic N) is 1. The summed E-state index contributed by atoms with van der Waals surface area (Å²) in [5.74, 6) is -1.06. The van der Waals surface area contributed by atoms with Crippen molar-refractivity contribution in [1.82, 2.24) is 4.90 Å². The summed E-state index contributed by atoms with van der Waals surface area (Å²) in [5, 5.41) is 0. The minimum absolute atomic E-state index is 0.0970. The summed E-state index contributed by atoms with van der Waals surface area (Å²) in [7, 11) is -1.24. The first-order valence-corrected chi connectivity index (χ1v) is 9.77. The predicted molar refractivity (Wildman–Crippen MR) is 94.5 cm³/mol. The molecule has 1 aromatic rings. The first kappa shape index (κ1) is 21.3. The third kappa shape index (κ3) is 5.73. The predicted octanol–water partition coefficient (Wildman–Crippen LogP) is 1.21. The number of methoxy groups -OCH3 is 1. The number of hydrogen-bond acceptors (Lipinski definition) is 7. The minimum atomic E-state index is -4.67. The van der Waals surface area contributed by atoms with Gasteiger partial charge in [0.15, 0.2) is 0 Å². The van der Waals surface area contributed by atoms with Crippen molar-refractivity contribution in [1.29, 1.82) is 0 Å². The summed E-state index contributed by atoms with van der Waals surface area (Å²) in [4.78, 5) is 26.7. The zero-order valence-electron chi connectivity index (χ0n) is 15.0. The molecule has 1 aromatic carbocycles. The highest BCUT2D eigenvalue weighted by molar-refractivity contribution is 7.79. The van der Waals surface area contributed by atoms with Crippen LogP contribution in [0.25, 0.3) is 0 Å². The van der Waals surface area contributed by atoms with E-state index < -0.39 is 22.4 Å². The summed E-state index contributed by atoms with van der Waals surface area (Å²) in [5.41, 5.74) is 0.511. The topological polar surface area (TPSA) is 130 Å². The standard InChI is InChI=1S/C17H21NO4.H2O4S/c1-18-12-8-9-13(18)15(17(20)21-2)14(10-12)22-16(19)11-6-4-3-5-7-11;1-5(2,3)4/h3-7,12-15H,8-10H2,1-2H3;(H2,1,2,3,4)/t12?,13?,14-,15+;/m0./s1. The highest BCUT2D eigenvalue weighted by Gasteiger charge is 2.50. The van der Waals surface area contributed by atoms with Gasteiger partial charge in [-0.3, -0.25) is 18.8 Å². The highest BCUT2D eigenvalue weighted by Crippen LogP contribution is 2.40. The van der Waals surface area contributed by atoms with Gasteiger partial charge < -0.3 is 9.47 Å². The van der Waals surface area contributed by atoms with Crippen molar-refractivity contribution in [3.05, 3.63) is 35.9 Å². The van der Waals surface area contributed by atoms with E-state index in [1.54, 1.807) is 24.3 Å². The molecule has 0 saturated carbocycles. The number of fused-ring (bicyclic) bond motifs is 2. The molecule has 27 heavy (non-hydrogen) atoms. The molecular formula is C17H23NO8S. The normalized spacial score (nSPS) is 27.3. The van der Waals surface area contributed by atoms with Crippen LogP contribution < -0.4 is 0 Å². The lowest BCUT2D eigenvalue weighted by atomic mass is 9.87. The molecule has 10 heteroatoms. The minimum Gasteiger partial charge on any atom is -0.469 e. The van der Waals surface area contributed by atoms with Crippen LogP contribution in [0.5, 0.6) is 0 Å². The molecule has 0 amide bonds. The number of carbonyl (C=O) groups is 2. The molecule has 9 nitrogen and oxygen atoms in total. The quantitative estimate of drug-likeness (QED) is 0.567. The lowest BCUT2D eigenvalue weighted by Crippen LogP contribution is -2.53. The first-order valence-electron chi connectivity index (χ1n) is 8.37. The number of ether oxygens (including phenoxy) is 2. The fourth-order valence-corrected chi connectivity index (χ4v) is 3.77. The summed E-state index contributed by atoms with van der Waals surface area (Å²) in [6.07, 6.45) is 2.26. The second-order valence-corrected chi connectivity index (χ2v) is 7.40. The number of piperidine rings is 1. The zero-order chi connectivity index (χ0) is 20.2.